The minimum Gasteiger partial charge on any atom is -0.322 e. The number of amides is 1. The molecule has 2 heterocycles. The number of benzene rings is 2. The van der Waals surface area contributed by atoms with Gasteiger partial charge in [0.1, 0.15) is 0 Å². The number of anilines is 1. The Morgan fingerprint density at radius 1 is 1.16 bits per heavy atom. The van der Waals surface area contributed by atoms with Crippen molar-refractivity contribution in [1.82, 2.24) is 9.38 Å². The van der Waals surface area contributed by atoms with Gasteiger partial charge in [-0.15, -0.1) is 11.3 Å². The molecule has 0 saturated carbocycles. The molecule has 0 aliphatic carbocycles. The maximum absolute atomic E-state index is 12.4. The monoisotopic (exact) mass is 459 g/mol. The lowest BCUT2D eigenvalue weighted by molar-refractivity contribution is 0.102. The molecule has 2 aromatic carbocycles. The van der Waals surface area contributed by atoms with Crippen LogP contribution < -0.4 is 5.32 Å². The van der Waals surface area contributed by atoms with Crippen molar-refractivity contribution in [2.24, 2.45) is 0 Å². The van der Waals surface area contributed by atoms with E-state index in [0.29, 0.717) is 5.56 Å². The Balaban J connectivity index is 1.55. The molecule has 6 heteroatoms. The van der Waals surface area contributed by atoms with Crippen LogP contribution in [0.4, 0.5) is 5.69 Å². The zero-order valence-corrected chi connectivity index (χ0v) is 16.3. The Bertz CT molecular complexity index is 1070. The van der Waals surface area contributed by atoms with Crippen LogP contribution in [0.2, 0.25) is 0 Å². The normalized spacial score (nSPS) is 11.0. The first-order valence-electron chi connectivity index (χ1n) is 7.71. The van der Waals surface area contributed by atoms with Crippen LogP contribution in [0.1, 0.15) is 16.1 Å². The third-order valence-electron chi connectivity index (χ3n) is 3.95. The number of thiazole rings is 1. The first kappa shape index (κ1) is 16.3. The summed E-state index contributed by atoms with van der Waals surface area (Å²) in [5, 5.41) is 5.03. The largest absolute Gasteiger partial charge is 0.322 e. The molecule has 124 valence electrons. The molecule has 0 spiro atoms. The van der Waals surface area contributed by atoms with E-state index in [1.54, 1.807) is 11.3 Å². The van der Waals surface area contributed by atoms with Gasteiger partial charge in [0.2, 0.25) is 0 Å². The zero-order valence-electron chi connectivity index (χ0n) is 13.4. The van der Waals surface area contributed by atoms with E-state index in [1.165, 1.54) is 5.69 Å². The fourth-order valence-corrected chi connectivity index (χ4v) is 4.08. The van der Waals surface area contributed by atoms with Crippen LogP contribution in [0.3, 0.4) is 0 Å². The predicted octanol–water partition coefficient (Wildman–Crippen LogP) is 5.23. The van der Waals surface area contributed by atoms with Gasteiger partial charge in [-0.1, -0.05) is 24.3 Å². The number of hydrogen-bond acceptors (Lipinski definition) is 3. The van der Waals surface area contributed by atoms with Gasteiger partial charge in [-0.3, -0.25) is 9.20 Å². The van der Waals surface area contributed by atoms with E-state index < -0.39 is 0 Å². The molecule has 0 aliphatic heterocycles. The van der Waals surface area contributed by atoms with Crippen molar-refractivity contribution in [2.75, 3.05) is 5.32 Å². The van der Waals surface area contributed by atoms with Crippen molar-refractivity contribution in [1.29, 1.82) is 0 Å². The van der Waals surface area contributed by atoms with Crippen LogP contribution in [-0.4, -0.2) is 15.3 Å². The van der Waals surface area contributed by atoms with Gasteiger partial charge >= 0.3 is 0 Å². The van der Waals surface area contributed by atoms with Crippen LogP contribution >= 0.6 is 33.9 Å². The minimum absolute atomic E-state index is 0.101. The molecule has 25 heavy (non-hydrogen) atoms. The summed E-state index contributed by atoms with van der Waals surface area (Å²) in [5.74, 6) is -0.101. The lowest BCUT2D eigenvalue weighted by Gasteiger charge is -2.07. The van der Waals surface area contributed by atoms with Crippen LogP contribution in [0, 0.1) is 10.5 Å². The minimum atomic E-state index is -0.101. The van der Waals surface area contributed by atoms with Crippen LogP contribution in [0.25, 0.3) is 16.2 Å². The average Bonchev–Trinajstić information content (AvgIpc) is 3.18. The molecule has 0 aliphatic rings. The highest BCUT2D eigenvalue weighted by molar-refractivity contribution is 14.1. The molecule has 0 fully saturated rings. The van der Waals surface area contributed by atoms with Crippen LogP contribution in [0.15, 0.2) is 60.1 Å². The van der Waals surface area contributed by atoms with E-state index in [-0.39, 0.29) is 5.91 Å². The van der Waals surface area contributed by atoms with Crippen LogP contribution in [-0.2, 0) is 0 Å². The number of aromatic nitrogens is 2. The third-order valence-corrected chi connectivity index (χ3v) is 5.84. The standard InChI is InChI=1S/C19H14IN3OS/c1-12-11-25-19-22-17(10-23(12)19)13-6-8-14(9-7-13)21-18(24)15-4-2-3-5-16(15)20/h2-11H,1H3,(H,21,24). The summed E-state index contributed by atoms with van der Waals surface area (Å²) in [5.41, 5.74) is 4.59. The number of aryl methyl sites for hydroxylation is 1. The second-order valence-corrected chi connectivity index (χ2v) is 7.67. The van der Waals surface area contributed by atoms with Crippen molar-refractivity contribution in [3.05, 3.63) is 74.9 Å². The number of halogens is 1. The quantitative estimate of drug-likeness (QED) is 0.427. The molecule has 4 nitrogen and oxygen atoms in total. The number of fused-ring (bicyclic) bond motifs is 1. The van der Waals surface area contributed by atoms with Gasteiger partial charge in [-0.25, -0.2) is 4.98 Å². The maximum Gasteiger partial charge on any atom is 0.256 e. The Kier molecular flexibility index (Phi) is 4.30. The van der Waals surface area contributed by atoms with Crippen molar-refractivity contribution in [3.63, 3.8) is 0 Å². The molecular weight excluding hydrogens is 445 g/mol. The van der Waals surface area contributed by atoms with Gasteiger partial charge in [0.05, 0.1) is 11.3 Å². The summed E-state index contributed by atoms with van der Waals surface area (Å²) in [4.78, 5) is 18.0. The fraction of sp³-hybridized carbons (Fsp3) is 0.0526. The summed E-state index contributed by atoms with van der Waals surface area (Å²) < 4.78 is 3.02. The summed E-state index contributed by atoms with van der Waals surface area (Å²) in [6, 6.07) is 15.3. The van der Waals surface area contributed by atoms with Gasteiger partial charge < -0.3 is 5.32 Å². The highest BCUT2D eigenvalue weighted by Crippen LogP contribution is 2.25. The predicted molar refractivity (Wildman–Crippen MR) is 110 cm³/mol. The van der Waals surface area contributed by atoms with Gasteiger partial charge in [-0.2, -0.15) is 0 Å². The van der Waals surface area contributed by atoms with E-state index in [9.17, 15) is 4.79 Å². The molecule has 0 saturated heterocycles. The van der Waals surface area contributed by atoms with E-state index in [4.69, 9.17) is 0 Å². The third kappa shape index (κ3) is 3.19. The number of hydrogen-bond donors (Lipinski definition) is 1. The SMILES string of the molecule is Cc1csc2nc(-c3ccc(NC(=O)c4ccccc4I)cc3)cn12. The summed E-state index contributed by atoms with van der Waals surface area (Å²) in [7, 11) is 0. The van der Waals surface area contributed by atoms with E-state index in [1.807, 2.05) is 54.7 Å². The van der Waals surface area contributed by atoms with Crippen LogP contribution in [0.5, 0.6) is 0 Å². The number of imidazole rings is 1. The van der Waals surface area contributed by atoms with Gasteiger partial charge in [0, 0.05) is 32.1 Å². The Hall–Kier alpha value is -2.19. The number of carbonyl (C=O) groups is 1. The summed E-state index contributed by atoms with van der Waals surface area (Å²) >= 11 is 3.80. The van der Waals surface area contributed by atoms with E-state index >= 15 is 0 Å². The zero-order chi connectivity index (χ0) is 17.4. The molecule has 0 bridgehead atoms. The molecule has 0 radical (unpaired) electrons. The molecule has 4 rings (SSSR count). The first-order valence-corrected chi connectivity index (χ1v) is 9.67. The van der Waals surface area contributed by atoms with Crippen molar-refractivity contribution >= 4 is 50.5 Å². The molecule has 1 amide bonds. The second kappa shape index (κ2) is 6.61. The second-order valence-electron chi connectivity index (χ2n) is 5.67. The molecule has 1 N–H and O–H groups in total. The molecule has 4 aromatic rings. The maximum atomic E-state index is 12.4. The summed E-state index contributed by atoms with van der Waals surface area (Å²) in [6.07, 6.45) is 2.04. The number of rotatable bonds is 3. The Labute approximate surface area is 162 Å². The molecule has 0 unspecified atom stereocenters. The Morgan fingerprint density at radius 2 is 1.92 bits per heavy atom. The molecular formula is C19H14IN3OS. The van der Waals surface area contributed by atoms with Crippen molar-refractivity contribution < 1.29 is 4.79 Å². The lowest BCUT2D eigenvalue weighted by Crippen LogP contribution is -2.13. The van der Waals surface area contributed by atoms with E-state index in [0.717, 1.165) is 25.5 Å². The molecule has 2 aromatic heterocycles. The van der Waals surface area contributed by atoms with Gasteiger partial charge in [0.15, 0.2) is 4.96 Å². The lowest BCUT2D eigenvalue weighted by atomic mass is 10.1. The Morgan fingerprint density at radius 3 is 2.64 bits per heavy atom. The van der Waals surface area contributed by atoms with Crippen molar-refractivity contribution in [2.45, 2.75) is 6.92 Å². The van der Waals surface area contributed by atoms with Crippen molar-refractivity contribution in [3.8, 4) is 11.3 Å². The number of nitrogens with one attached hydrogen (secondary N) is 1. The van der Waals surface area contributed by atoms with Gasteiger partial charge in [-0.05, 0) is 53.8 Å². The first-order chi connectivity index (χ1) is 12.1. The summed E-state index contributed by atoms with van der Waals surface area (Å²) in [6.45, 7) is 2.07. The average molecular weight is 459 g/mol. The topological polar surface area (TPSA) is 46.4 Å². The fourth-order valence-electron chi connectivity index (χ4n) is 2.60. The smallest absolute Gasteiger partial charge is 0.256 e. The highest BCUT2D eigenvalue weighted by Gasteiger charge is 2.10. The van der Waals surface area contributed by atoms with Gasteiger partial charge in [0.25, 0.3) is 5.91 Å². The highest BCUT2D eigenvalue weighted by atomic mass is 127. The number of nitrogens with zero attached hydrogens (tertiary/aromatic N) is 2. The molecule has 0 atom stereocenters. The van der Waals surface area contributed by atoms with E-state index in [2.05, 4.69) is 49.6 Å². The number of carbonyl (C=O) groups excluding carboxylic acids is 1.